The molecule has 0 amide bonds. The minimum Gasteiger partial charge on any atom is -0.0991 e. The van der Waals surface area contributed by atoms with Gasteiger partial charge in [0.15, 0.2) is 0 Å². The molecular weight excluding hydrogens is 276 g/mol. The molecule has 128 valence electrons. The third-order valence-corrected chi connectivity index (χ3v) is 3.64. The summed E-state index contributed by atoms with van der Waals surface area (Å²) >= 11 is 0. The maximum absolute atomic E-state index is 3.62. The van der Waals surface area contributed by atoms with Crippen molar-refractivity contribution in [3.63, 3.8) is 0 Å². The van der Waals surface area contributed by atoms with Gasteiger partial charge in [-0.25, -0.2) is 0 Å². The van der Waals surface area contributed by atoms with Crippen molar-refractivity contribution in [2.24, 2.45) is 0 Å². The van der Waals surface area contributed by atoms with E-state index in [1.165, 1.54) is 64.2 Å². The van der Waals surface area contributed by atoms with Crippen LogP contribution in [0.1, 0.15) is 71.1 Å². The van der Waals surface area contributed by atoms with Gasteiger partial charge in [-0.05, 0) is 12.8 Å². The molecule has 0 spiro atoms. The summed E-state index contributed by atoms with van der Waals surface area (Å²) in [5.74, 6) is 0. The molecule has 23 heavy (non-hydrogen) atoms. The summed E-state index contributed by atoms with van der Waals surface area (Å²) in [6, 6.07) is 0. The molecular formula is C23H36. The van der Waals surface area contributed by atoms with E-state index in [9.17, 15) is 0 Å². The topological polar surface area (TPSA) is 0 Å². The van der Waals surface area contributed by atoms with E-state index < -0.39 is 0 Å². The molecule has 0 bridgehead atoms. The highest BCUT2D eigenvalue weighted by Crippen LogP contribution is 2.10. The molecule has 0 heteroatoms. The lowest BCUT2D eigenvalue weighted by Crippen LogP contribution is -1.80. The van der Waals surface area contributed by atoms with Crippen molar-refractivity contribution in [1.82, 2.24) is 0 Å². The fourth-order valence-electron chi connectivity index (χ4n) is 2.28. The van der Waals surface area contributed by atoms with Gasteiger partial charge in [-0.1, -0.05) is 132 Å². The van der Waals surface area contributed by atoms with Crippen molar-refractivity contribution < 1.29 is 0 Å². The van der Waals surface area contributed by atoms with E-state index in [1.54, 1.807) is 6.08 Å². The molecule has 0 saturated carbocycles. The van der Waals surface area contributed by atoms with Gasteiger partial charge in [-0.15, -0.1) is 0 Å². The van der Waals surface area contributed by atoms with Gasteiger partial charge >= 0.3 is 0 Å². The smallest absolute Gasteiger partial charge is 0.0348 e. The Morgan fingerprint density at radius 1 is 0.522 bits per heavy atom. The third kappa shape index (κ3) is 20.4. The van der Waals surface area contributed by atoms with Crippen LogP contribution in [0, 0.1) is 0 Å². The predicted octanol–water partition coefficient (Wildman–Crippen LogP) is 7.87. The van der Waals surface area contributed by atoms with Gasteiger partial charge in [0.05, 0.1) is 0 Å². The van der Waals surface area contributed by atoms with Gasteiger partial charge in [0.1, 0.15) is 0 Å². The lowest BCUT2D eigenvalue weighted by atomic mass is 10.1. The second-order valence-electron chi connectivity index (χ2n) is 5.82. The molecule has 0 unspecified atom stereocenters. The van der Waals surface area contributed by atoms with Crippen molar-refractivity contribution in [2.45, 2.75) is 71.1 Å². The van der Waals surface area contributed by atoms with Crippen LogP contribution in [0.3, 0.4) is 0 Å². The quantitative estimate of drug-likeness (QED) is 0.213. The lowest BCUT2D eigenvalue weighted by molar-refractivity contribution is 0.566. The van der Waals surface area contributed by atoms with E-state index in [1.807, 2.05) is 36.5 Å². The minimum atomic E-state index is 1.20. The van der Waals surface area contributed by atoms with Crippen molar-refractivity contribution in [1.29, 1.82) is 0 Å². The van der Waals surface area contributed by atoms with E-state index in [4.69, 9.17) is 0 Å². The Hall–Kier alpha value is -1.56. The lowest BCUT2D eigenvalue weighted by Gasteiger charge is -2.00. The molecule has 0 aliphatic carbocycles. The Balaban J connectivity index is 3.38. The Labute approximate surface area is 145 Å². The molecule has 0 nitrogen and oxygen atoms in total. The number of rotatable bonds is 15. The van der Waals surface area contributed by atoms with Crippen LogP contribution in [0.2, 0.25) is 0 Å². The monoisotopic (exact) mass is 312 g/mol. The number of hydrogen-bond donors (Lipinski definition) is 0. The van der Waals surface area contributed by atoms with Gasteiger partial charge in [0.2, 0.25) is 0 Å². The maximum atomic E-state index is 3.62. The molecule has 0 aromatic carbocycles. The Bertz CT molecular complexity index is 377. The molecule has 0 aromatic rings. The van der Waals surface area contributed by atoms with E-state index in [0.717, 1.165) is 0 Å². The number of allylic oxidation sites excluding steroid dienone is 11. The molecule has 0 atom stereocenters. The summed E-state index contributed by atoms with van der Waals surface area (Å²) in [5, 5.41) is 0. The van der Waals surface area contributed by atoms with Crippen LogP contribution in [0.25, 0.3) is 0 Å². The first-order chi connectivity index (χ1) is 11.4. The fraction of sp³-hybridized carbons (Fsp3) is 0.478. The number of hydrogen-bond acceptors (Lipinski definition) is 0. The van der Waals surface area contributed by atoms with E-state index in [-0.39, 0.29) is 0 Å². The molecule has 0 radical (unpaired) electrons. The van der Waals surface area contributed by atoms with E-state index >= 15 is 0 Å². The molecule has 0 heterocycles. The summed E-state index contributed by atoms with van der Waals surface area (Å²) in [4.78, 5) is 0. The standard InChI is InChI=1S/C23H36/c1-3-5-7-9-11-13-15-17-19-21-23-22-20-18-16-14-12-10-8-6-4-2/h3,5,7,9,11,13,15,17,19,21,23H,1,4,6,8,10,12,14,16,18,20,22H2,2H3. The molecule has 0 aliphatic rings. The second kappa shape index (κ2) is 20.4. The predicted molar refractivity (Wildman–Crippen MR) is 108 cm³/mol. The first-order valence-electron chi connectivity index (χ1n) is 9.36. The van der Waals surface area contributed by atoms with Crippen molar-refractivity contribution >= 4 is 0 Å². The molecule has 0 N–H and O–H groups in total. The molecule has 0 saturated heterocycles. The highest BCUT2D eigenvalue weighted by Gasteiger charge is 1.90. The highest BCUT2D eigenvalue weighted by atomic mass is 14.0. The summed E-state index contributed by atoms with van der Waals surface area (Å²) < 4.78 is 0. The van der Waals surface area contributed by atoms with Crippen LogP contribution in [-0.4, -0.2) is 0 Å². The second-order valence-corrected chi connectivity index (χ2v) is 5.82. The van der Waals surface area contributed by atoms with Gasteiger partial charge < -0.3 is 0 Å². The van der Waals surface area contributed by atoms with Crippen molar-refractivity contribution in [3.8, 4) is 0 Å². The minimum absolute atomic E-state index is 1.20. The highest BCUT2D eigenvalue weighted by molar-refractivity contribution is 5.18. The molecule has 0 rings (SSSR count). The van der Waals surface area contributed by atoms with Crippen LogP contribution < -0.4 is 0 Å². The average molecular weight is 313 g/mol. The first-order valence-corrected chi connectivity index (χ1v) is 9.36. The van der Waals surface area contributed by atoms with Crippen LogP contribution in [0.4, 0.5) is 0 Å². The van der Waals surface area contributed by atoms with Gasteiger partial charge in [0, 0.05) is 0 Å². The van der Waals surface area contributed by atoms with Crippen molar-refractivity contribution in [3.05, 3.63) is 73.4 Å². The van der Waals surface area contributed by atoms with E-state index in [0.29, 0.717) is 0 Å². The van der Waals surface area contributed by atoms with E-state index in [2.05, 4.69) is 37.8 Å². The summed E-state index contributed by atoms with van der Waals surface area (Å²) in [6.45, 7) is 5.90. The Kier molecular flexibility index (Phi) is 19.1. The first kappa shape index (κ1) is 21.4. The Morgan fingerprint density at radius 3 is 1.48 bits per heavy atom. The fourth-order valence-corrected chi connectivity index (χ4v) is 2.28. The van der Waals surface area contributed by atoms with Crippen molar-refractivity contribution in [2.75, 3.05) is 0 Å². The molecule has 0 aliphatic heterocycles. The zero-order chi connectivity index (χ0) is 16.8. The Morgan fingerprint density at radius 2 is 0.957 bits per heavy atom. The maximum Gasteiger partial charge on any atom is -0.0348 e. The zero-order valence-electron chi connectivity index (χ0n) is 15.1. The van der Waals surface area contributed by atoms with Gasteiger partial charge in [0.25, 0.3) is 0 Å². The van der Waals surface area contributed by atoms with Crippen LogP contribution in [-0.2, 0) is 0 Å². The SMILES string of the molecule is C=CC=CC=CC=CC=CC=CCCCCCCCCCCC. The number of unbranched alkanes of at least 4 members (excludes halogenated alkanes) is 9. The zero-order valence-corrected chi connectivity index (χ0v) is 15.1. The third-order valence-electron chi connectivity index (χ3n) is 3.64. The largest absolute Gasteiger partial charge is 0.0991 e. The molecule has 0 aromatic heterocycles. The van der Waals surface area contributed by atoms with Crippen LogP contribution in [0.15, 0.2) is 73.4 Å². The van der Waals surface area contributed by atoms with Crippen LogP contribution in [0.5, 0.6) is 0 Å². The summed E-state index contributed by atoms with van der Waals surface area (Å²) in [6.07, 6.45) is 36.1. The van der Waals surface area contributed by atoms with Gasteiger partial charge in [-0.3, -0.25) is 0 Å². The summed E-state index contributed by atoms with van der Waals surface area (Å²) in [5.41, 5.74) is 0. The van der Waals surface area contributed by atoms with Crippen LogP contribution >= 0.6 is 0 Å². The normalized spacial score (nSPS) is 12.7. The van der Waals surface area contributed by atoms with Gasteiger partial charge in [-0.2, -0.15) is 0 Å². The average Bonchev–Trinajstić information content (AvgIpc) is 2.57. The summed E-state index contributed by atoms with van der Waals surface area (Å²) in [7, 11) is 0. The molecule has 0 fully saturated rings.